The third-order valence-electron chi connectivity index (χ3n) is 5.65. The predicted octanol–water partition coefficient (Wildman–Crippen LogP) is 3.02. The minimum atomic E-state index is -1.23. The maximum absolute atomic E-state index is 12.2. The molecule has 7 heteroatoms. The van der Waals surface area contributed by atoms with E-state index in [0.29, 0.717) is 43.1 Å². The minimum absolute atomic E-state index is 0.157. The summed E-state index contributed by atoms with van der Waals surface area (Å²) in [5.74, 6) is -1.48. The van der Waals surface area contributed by atoms with E-state index in [4.69, 9.17) is 4.74 Å². The van der Waals surface area contributed by atoms with Crippen LogP contribution in [-0.2, 0) is 19.1 Å². The molecule has 1 aliphatic rings. The number of esters is 1. The Kier molecular flexibility index (Phi) is 13.7. The zero-order chi connectivity index (χ0) is 25.6. The lowest BCUT2D eigenvalue weighted by atomic mass is 10.0. The molecular weight excluding hydrogens is 434 g/mol. The third kappa shape index (κ3) is 13.5. The Morgan fingerprint density at radius 3 is 2.53 bits per heavy atom. The number of hydrogen-bond acceptors (Lipinski definition) is 6. The van der Waals surface area contributed by atoms with Gasteiger partial charge in [-0.25, -0.2) is 0 Å². The first-order valence-electron chi connectivity index (χ1n) is 12.5. The molecule has 0 saturated heterocycles. The highest BCUT2D eigenvalue weighted by atomic mass is 16.5. The second-order valence-electron chi connectivity index (χ2n) is 10.1. The van der Waals surface area contributed by atoms with E-state index >= 15 is 0 Å². The van der Waals surface area contributed by atoms with Crippen molar-refractivity contribution in [1.82, 2.24) is 0 Å². The minimum Gasteiger partial charge on any atom is -0.550 e. The SMILES string of the molecule is CCCCCC(O)/C=C/C1=C(C/C=C/CCCC(=O)OC(CC(=O)[O-])C[N+](C)(C)C)C(=O)CC1. The van der Waals surface area contributed by atoms with Gasteiger partial charge in [-0.1, -0.05) is 50.5 Å². The summed E-state index contributed by atoms with van der Waals surface area (Å²) in [5, 5.41) is 21.0. The molecule has 0 aromatic heterocycles. The van der Waals surface area contributed by atoms with Crippen molar-refractivity contribution in [1.29, 1.82) is 0 Å². The Balaban J connectivity index is 2.46. The number of ketones is 1. The van der Waals surface area contributed by atoms with Crippen LogP contribution in [0.1, 0.15) is 77.6 Å². The molecule has 2 atom stereocenters. The number of ether oxygens (including phenoxy) is 1. The quantitative estimate of drug-likeness (QED) is 0.149. The Morgan fingerprint density at radius 1 is 1.15 bits per heavy atom. The summed E-state index contributed by atoms with van der Waals surface area (Å²) < 4.78 is 5.83. The molecule has 0 saturated carbocycles. The number of Topliss-reactive ketones (excluding diaryl/α,β-unsaturated/α-hetero) is 1. The molecule has 192 valence electrons. The van der Waals surface area contributed by atoms with Crippen LogP contribution in [0.15, 0.2) is 35.5 Å². The molecule has 0 amide bonds. The van der Waals surface area contributed by atoms with Crippen molar-refractivity contribution in [3.05, 3.63) is 35.5 Å². The van der Waals surface area contributed by atoms with E-state index in [0.717, 1.165) is 36.8 Å². The summed E-state index contributed by atoms with van der Waals surface area (Å²) in [6, 6.07) is 0. The summed E-state index contributed by atoms with van der Waals surface area (Å²) in [7, 11) is 5.72. The zero-order valence-corrected chi connectivity index (χ0v) is 21.4. The lowest BCUT2D eigenvalue weighted by Crippen LogP contribution is -2.45. The van der Waals surface area contributed by atoms with Crippen LogP contribution in [-0.4, -0.2) is 67.2 Å². The van der Waals surface area contributed by atoms with Crippen molar-refractivity contribution in [2.75, 3.05) is 27.7 Å². The first-order valence-corrected chi connectivity index (χ1v) is 12.5. The van der Waals surface area contributed by atoms with Gasteiger partial charge >= 0.3 is 5.97 Å². The number of rotatable bonds is 17. The molecule has 0 radical (unpaired) electrons. The molecule has 2 unspecified atom stereocenters. The van der Waals surface area contributed by atoms with Crippen LogP contribution in [0, 0.1) is 0 Å². The van der Waals surface area contributed by atoms with Crippen LogP contribution in [0.4, 0.5) is 0 Å². The number of aliphatic carboxylic acids is 1. The van der Waals surface area contributed by atoms with Gasteiger partial charge in [0.05, 0.1) is 27.2 Å². The Hall–Kier alpha value is -2.25. The second kappa shape index (κ2) is 15.6. The molecule has 0 fully saturated rings. The summed E-state index contributed by atoms with van der Waals surface area (Å²) >= 11 is 0. The van der Waals surface area contributed by atoms with Gasteiger partial charge in [-0.3, -0.25) is 9.59 Å². The topological polar surface area (TPSA) is 104 Å². The van der Waals surface area contributed by atoms with Gasteiger partial charge in [0.1, 0.15) is 6.54 Å². The largest absolute Gasteiger partial charge is 0.550 e. The number of carbonyl (C=O) groups excluding carboxylic acids is 3. The number of aliphatic hydroxyl groups excluding tert-OH is 1. The Labute approximate surface area is 204 Å². The summed E-state index contributed by atoms with van der Waals surface area (Å²) in [6.45, 7) is 2.53. The third-order valence-corrected chi connectivity index (χ3v) is 5.65. The van der Waals surface area contributed by atoms with Gasteiger partial charge in [0.25, 0.3) is 0 Å². The van der Waals surface area contributed by atoms with Crippen molar-refractivity contribution >= 4 is 17.7 Å². The lowest BCUT2D eigenvalue weighted by molar-refractivity contribution is -0.873. The fourth-order valence-electron chi connectivity index (χ4n) is 3.95. The van der Waals surface area contributed by atoms with Crippen molar-refractivity contribution in [2.24, 2.45) is 0 Å². The van der Waals surface area contributed by atoms with Gasteiger partial charge in [-0.2, -0.15) is 0 Å². The fraction of sp³-hybridized carbons (Fsp3) is 0.667. The number of aliphatic hydroxyl groups is 1. The van der Waals surface area contributed by atoms with Gasteiger partial charge in [-0.05, 0) is 37.7 Å². The molecule has 0 aliphatic heterocycles. The molecule has 0 spiro atoms. The number of likely N-dealkylation sites (N-methyl/N-ethyl adjacent to an activating group) is 1. The van der Waals surface area contributed by atoms with Gasteiger partial charge < -0.3 is 24.2 Å². The number of allylic oxidation sites excluding steroid dienone is 5. The number of quaternary nitrogens is 1. The van der Waals surface area contributed by atoms with E-state index in [1.54, 1.807) is 6.08 Å². The van der Waals surface area contributed by atoms with Crippen LogP contribution in [0.5, 0.6) is 0 Å². The fourth-order valence-corrected chi connectivity index (χ4v) is 3.95. The molecular formula is C27H43NO6. The van der Waals surface area contributed by atoms with E-state index in [1.165, 1.54) is 0 Å². The molecule has 1 rings (SSSR count). The van der Waals surface area contributed by atoms with E-state index in [1.807, 2.05) is 39.4 Å². The van der Waals surface area contributed by atoms with Crippen molar-refractivity contribution in [2.45, 2.75) is 89.8 Å². The van der Waals surface area contributed by atoms with Crippen LogP contribution in [0.2, 0.25) is 0 Å². The predicted molar refractivity (Wildman–Crippen MR) is 131 cm³/mol. The summed E-state index contributed by atoms with van der Waals surface area (Å²) in [6.07, 6.45) is 13.3. The second-order valence-corrected chi connectivity index (χ2v) is 10.1. The lowest BCUT2D eigenvalue weighted by Gasteiger charge is -2.29. The van der Waals surface area contributed by atoms with Crippen molar-refractivity contribution in [3.8, 4) is 0 Å². The maximum Gasteiger partial charge on any atom is 0.306 e. The highest BCUT2D eigenvalue weighted by molar-refractivity contribution is 5.99. The smallest absolute Gasteiger partial charge is 0.306 e. The molecule has 34 heavy (non-hydrogen) atoms. The van der Waals surface area contributed by atoms with Gasteiger partial charge in [-0.15, -0.1) is 0 Å². The van der Waals surface area contributed by atoms with Gasteiger partial charge in [0.2, 0.25) is 0 Å². The average Bonchev–Trinajstić information content (AvgIpc) is 3.07. The van der Waals surface area contributed by atoms with E-state index in [2.05, 4.69) is 6.92 Å². The standard InChI is InChI=1S/C27H43NO6/c1-5-6-9-12-22(29)17-15-21-16-18-25(30)24(21)13-10-7-8-11-14-27(33)34-23(19-26(31)32)20-28(2,3)4/h7,10,15,17,22-23,29H,5-6,8-9,11-14,16,18-20H2,1-4H3/b10-7+,17-15+. The van der Waals surface area contributed by atoms with Gasteiger partial charge in [0.15, 0.2) is 11.9 Å². The van der Waals surface area contributed by atoms with Crippen molar-refractivity contribution in [3.63, 3.8) is 0 Å². The highest BCUT2D eigenvalue weighted by Gasteiger charge is 2.22. The van der Waals surface area contributed by atoms with Crippen LogP contribution >= 0.6 is 0 Å². The van der Waals surface area contributed by atoms with Crippen LogP contribution in [0.25, 0.3) is 0 Å². The molecule has 0 aromatic carbocycles. The summed E-state index contributed by atoms with van der Waals surface area (Å²) in [4.78, 5) is 35.3. The zero-order valence-electron chi connectivity index (χ0n) is 21.4. The maximum atomic E-state index is 12.2. The highest BCUT2D eigenvalue weighted by Crippen LogP contribution is 2.27. The summed E-state index contributed by atoms with van der Waals surface area (Å²) in [5.41, 5.74) is 1.81. The number of hydrogen-bond donors (Lipinski definition) is 1. The first kappa shape index (κ1) is 29.8. The van der Waals surface area contributed by atoms with Crippen LogP contribution < -0.4 is 5.11 Å². The number of carboxylic acids is 1. The number of carboxylic acid groups (broad SMARTS) is 1. The van der Waals surface area contributed by atoms with Crippen molar-refractivity contribution < 1.29 is 33.8 Å². The monoisotopic (exact) mass is 477 g/mol. The number of unbranched alkanes of at least 4 members (excludes halogenated alkanes) is 3. The molecule has 0 aromatic rings. The van der Waals surface area contributed by atoms with E-state index < -0.39 is 24.1 Å². The van der Waals surface area contributed by atoms with E-state index in [9.17, 15) is 24.6 Å². The number of nitrogens with zero attached hydrogens (tertiary/aromatic N) is 1. The number of carbonyl (C=O) groups is 3. The Morgan fingerprint density at radius 2 is 1.88 bits per heavy atom. The molecule has 0 heterocycles. The molecule has 0 bridgehead atoms. The first-order chi connectivity index (χ1) is 16.0. The molecule has 7 nitrogen and oxygen atoms in total. The average molecular weight is 478 g/mol. The van der Waals surface area contributed by atoms with Crippen LogP contribution in [0.3, 0.4) is 0 Å². The van der Waals surface area contributed by atoms with Gasteiger partial charge in [0, 0.05) is 30.8 Å². The normalized spacial score (nSPS) is 16.6. The Bertz CT molecular complexity index is 760. The molecule has 1 N–H and O–H groups in total. The molecule has 1 aliphatic carbocycles. The van der Waals surface area contributed by atoms with E-state index in [-0.39, 0.29) is 18.6 Å².